The molecule has 2 aromatic carbocycles. The lowest BCUT2D eigenvalue weighted by molar-refractivity contribution is -0.157. The van der Waals surface area contributed by atoms with Crippen LogP contribution in [0.1, 0.15) is 12.5 Å². The monoisotopic (exact) mass is 400 g/mol. The number of para-hydroxylation sites is 2. The fourth-order valence-corrected chi connectivity index (χ4v) is 3.04. The number of benzene rings is 2. The number of carbonyl (C=O) groups is 3. The lowest BCUT2D eigenvalue weighted by Gasteiger charge is -2.29. The van der Waals surface area contributed by atoms with Crippen molar-refractivity contribution < 1.29 is 28.2 Å². The first-order valence-corrected chi connectivity index (χ1v) is 9.06. The summed E-state index contributed by atoms with van der Waals surface area (Å²) >= 11 is 0. The SMILES string of the molecule is CC(OC(=O)CN1C(=O)COc2ccccc21)C(=O)N(C)Cc1cccc(F)c1. The van der Waals surface area contributed by atoms with Gasteiger partial charge >= 0.3 is 5.97 Å². The molecule has 0 saturated carbocycles. The molecule has 152 valence electrons. The van der Waals surface area contributed by atoms with Crippen LogP contribution in [0.5, 0.6) is 5.75 Å². The number of nitrogens with zero attached hydrogens (tertiary/aromatic N) is 2. The van der Waals surface area contributed by atoms with Gasteiger partial charge in [0.25, 0.3) is 11.8 Å². The topological polar surface area (TPSA) is 76.1 Å². The summed E-state index contributed by atoms with van der Waals surface area (Å²) in [6.07, 6.45) is -1.05. The van der Waals surface area contributed by atoms with E-state index < -0.39 is 23.8 Å². The zero-order valence-corrected chi connectivity index (χ0v) is 16.1. The molecular weight excluding hydrogens is 379 g/mol. The molecule has 29 heavy (non-hydrogen) atoms. The Morgan fingerprint density at radius 3 is 2.76 bits per heavy atom. The van der Waals surface area contributed by atoms with Gasteiger partial charge in [0.2, 0.25) is 0 Å². The molecule has 1 aliphatic rings. The number of anilines is 1. The van der Waals surface area contributed by atoms with Crippen molar-refractivity contribution in [3.05, 3.63) is 59.9 Å². The molecule has 3 rings (SSSR count). The number of carbonyl (C=O) groups excluding carboxylic acids is 3. The van der Waals surface area contributed by atoms with Crippen LogP contribution < -0.4 is 9.64 Å². The van der Waals surface area contributed by atoms with Crippen LogP contribution in [0.25, 0.3) is 0 Å². The summed E-state index contributed by atoms with van der Waals surface area (Å²) in [5.74, 6) is -1.41. The van der Waals surface area contributed by atoms with Gasteiger partial charge in [-0.2, -0.15) is 0 Å². The number of esters is 1. The summed E-state index contributed by atoms with van der Waals surface area (Å²) in [6, 6.07) is 12.8. The van der Waals surface area contributed by atoms with Crippen molar-refractivity contribution in [3.63, 3.8) is 0 Å². The molecule has 0 radical (unpaired) electrons. The van der Waals surface area contributed by atoms with Crippen LogP contribution in [0.4, 0.5) is 10.1 Å². The summed E-state index contributed by atoms with van der Waals surface area (Å²) in [7, 11) is 1.54. The van der Waals surface area contributed by atoms with Crippen molar-refractivity contribution in [1.29, 1.82) is 0 Å². The maximum atomic E-state index is 13.3. The van der Waals surface area contributed by atoms with Gasteiger partial charge < -0.3 is 14.4 Å². The second kappa shape index (κ2) is 8.72. The predicted octanol–water partition coefficient (Wildman–Crippen LogP) is 2.14. The molecule has 0 aromatic heterocycles. The van der Waals surface area contributed by atoms with Crippen LogP contribution in [0.2, 0.25) is 0 Å². The highest BCUT2D eigenvalue weighted by atomic mass is 19.1. The predicted molar refractivity (Wildman–Crippen MR) is 103 cm³/mol. The molecule has 1 aliphatic heterocycles. The minimum absolute atomic E-state index is 0.171. The van der Waals surface area contributed by atoms with Crippen molar-refractivity contribution in [1.82, 2.24) is 4.90 Å². The molecule has 0 spiro atoms. The zero-order valence-electron chi connectivity index (χ0n) is 16.1. The Morgan fingerprint density at radius 1 is 1.24 bits per heavy atom. The highest BCUT2D eigenvalue weighted by molar-refractivity contribution is 6.01. The normalized spacial score (nSPS) is 13.9. The Kier molecular flexibility index (Phi) is 6.11. The average molecular weight is 400 g/mol. The van der Waals surface area contributed by atoms with Crippen molar-refractivity contribution in [2.75, 3.05) is 25.1 Å². The summed E-state index contributed by atoms with van der Waals surface area (Å²) in [6.45, 7) is 1.13. The Morgan fingerprint density at radius 2 is 2.00 bits per heavy atom. The number of ether oxygens (including phenoxy) is 2. The van der Waals surface area contributed by atoms with Crippen LogP contribution in [-0.4, -0.2) is 49.0 Å². The third-order valence-corrected chi connectivity index (χ3v) is 4.44. The van der Waals surface area contributed by atoms with Crippen LogP contribution in [0.3, 0.4) is 0 Å². The number of halogens is 1. The van der Waals surface area contributed by atoms with Crippen molar-refractivity contribution in [2.45, 2.75) is 19.6 Å². The fourth-order valence-electron chi connectivity index (χ4n) is 3.04. The van der Waals surface area contributed by atoms with E-state index in [1.165, 1.54) is 28.9 Å². The van der Waals surface area contributed by atoms with Gasteiger partial charge in [-0.1, -0.05) is 24.3 Å². The Hall–Kier alpha value is -3.42. The molecule has 2 amide bonds. The number of hydrogen-bond acceptors (Lipinski definition) is 5. The van der Waals surface area contributed by atoms with Crippen LogP contribution >= 0.6 is 0 Å². The standard InChI is InChI=1S/C21H21FN2O5/c1-14(21(27)23(2)11-15-6-5-7-16(22)10-15)29-20(26)12-24-17-8-3-4-9-18(17)28-13-19(24)25/h3-10,14H,11-13H2,1-2H3. The molecule has 0 N–H and O–H groups in total. The quantitative estimate of drug-likeness (QED) is 0.695. The summed E-state index contributed by atoms with van der Waals surface area (Å²) in [5.41, 5.74) is 1.10. The third kappa shape index (κ3) is 4.90. The fraction of sp³-hybridized carbons (Fsp3) is 0.286. The third-order valence-electron chi connectivity index (χ3n) is 4.44. The molecule has 0 saturated heterocycles. The van der Waals surface area contributed by atoms with Crippen LogP contribution in [-0.2, 0) is 25.7 Å². The molecule has 0 fully saturated rings. The molecule has 8 heteroatoms. The van der Waals surface area contributed by atoms with Gasteiger partial charge in [0.15, 0.2) is 12.7 Å². The molecule has 1 heterocycles. The summed E-state index contributed by atoms with van der Waals surface area (Å²) in [5, 5.41) is 0. The average Bonchev–Trinajstić information content (AvgIpc) is 2.69. The maximum Gasteiger partial charge on any atom is 0.326 e. The van der Waals surface area contributed by atoms with Gasteiger partial charge in [-0.05, 0) is 36.8 Å². The summed E-state index contributed by atoms with van der Waals surface area (Å²) < 4.78 is 23.8. The van der Waals surface area contributed by atoms with E-state index in [1.807, 2.05) is 0 Å². The van der Waals surface area contributed by atoms with Gasteiger partial charge in [0.1, 0.15) is 18.1 Å². The van der Waals surface area contributed by atoms with Crippen LogP contribution in [0.15, 0.2) is 48.5 Å². The highest BCUT2D eigenvalue weighted by Crippen LogP contribution is 2.31. The molecule has 0 aliphatic carbocycles. The first-order valence-electron chi connectivity index (χ1n) is 9.06. The van der Waals surface area contributed by atoms with Gasteiger partial charge in [0.05, 0.1) is 5.69 Å². The molecular formula is C21H21FN2O5. The Bertz CT molecular complexity index is 933. The largest absolute Gasteiger partial charge is 0.482 e. The maximum absolute atomic E-state index is 13.3. The van der Waals surface area contributed by atoms with Gasteiger partial charge in [0, 0.05) is 13.6 Å². The van der Waals surface area contributed by atoms with E-state index in [-0.39, 0.29) is 25.6 Å². The van der Waals surface area contributed by atoms with E-state index >= 15 is 0 Å². The minimum Gasteiger partial charge on any atom is -0.482 e. The number of rotatable bonds is 6. The van der Waals surface area contributed by atoms with E-state index in [1.54, 1.807) is 43.4 Å². The van der Waals surface area contributed by atoms with Gasteiger partial charge in [-0.25, -0.2) is 4.39 Å². The second-order valence-corrected chi connectivity index (χ2v) is 6.69. The number of hydrogen-bond donors (Lipinski definition) is 0. The first-order chi connectivity index (χ1) is 13.8. The molecule has 7 nitrogen and oxygen atoms in total. The molecule has 2 aromatic rings. The van der Waals surface area contributed by atoms with Gasteiger partial charge in [-0.15, -0.1) is 0 Å². The van der Waals surface area contributed by atoms with Crippen molar-refractivity contribution >= 4 is 23.5 Å². The minimum atomic E-state index is -1.05. The number of amides is 2. The lowest BCUT2D eigenvalue weighted by atomic mass is 10.2. The van der Waals surface area contributed by atoms with E-state index in [2.05, 4.69) is 0 Å². The number of likely N-dealkylation sites (N-methyl/N-ethyl adjacent to an activating group) is 1. The van der Waals surface area contributed by atoms with Gasteiger partial charge in [-0.3, -0.25) is 19.3 Å². The van der Waals surface area contributed by atoms with E-state index in [0.29, 0.717) is 17.0 Å². The number of fused-ring (bicyclic) bond motifs is 1. The van der Waals surface area contributed by atoms with Crippen LogP contribution in [0, 0.1) is 5.82 Å². The molecule has 1 unspecified atom stereocenters. The first kappa shape index (κ1) is 20.3. The van der Waals surface area contributed by atoms with Crippen molar-refractivity contribution in [3.8, 4) is 5.75 Å². The molecule has 0 bridgehead atoms. The van der Waals surface area contributed by atoms with Crippen molar-refractivity contribution in [2.24, 2.45) is 0 Å². The smallest absolute Gasteiger partial charge is 0.326 e. The van der Waals surface area contributed by atoms with E-state index in [9.17, 15) is 18.8 Å². The zero-order chi connectivity index (χ0) is 21.0. The lowest BCUT2D eigenvalue weighted by Crippen LogP contribution is -2.44. The van der Waals surface area contributed by atoms with E-state index in [0.717, 1.165) is 0 Å². The Balaban J connectivity index is 1.58. The van der Waals surface area contributed by atoms with E-state index in [4.69, 9.17) is 9.47 Å². The Labute approximate surface area is 167 Å². The molecule has 1 atom stereocenters. The highest BCUT2D eigenvalue weighted by Gasteiger charge is 2.29. The second-order valence-electron chi connectivity index (χ2n) is 6.69. The summed E-state index contributed by atoms with van der Waals surface area (Å²) in [4.78, 5) is 39.6.